The Balaban J connectivity index is 5.48. The first-order chi connectivity index (χ1) is 9.88. The standard InChI is InChI=1S/C6HF9IO6/c7-4(8,9)1(17)20-16(21-2(18)5(10,11)12)22-3(19)6(13,14)15/h16H/q-1/i16T. The van der Waals surface area contributed by atoms with Crippen molar-refractivity contribution < 1.29 is 84.0 Å². The molecule has 0 fully saturated rings. The molecule has 0 heterocycles. The first kappa shape index (κ1) is 18.6. The van der Waals surface area contributed by atoms with Crippen molar-refractivity contribution in [2.45, 2.75) is 18.5 Å². The van der Waals surface area contributed by atoms with Crippen molar-refractivity contribution in [2.24, 2.45) is 0 Å². The Kier molecular flexibility index (Phi) is 5.68. The summed E-state index contributed by atoms with van der Waals surface area (Å²) in [4.78, 5) is 31.1. The first-order valence-corrected chi connectivity index (χ1v) is 6.78. The van der Waals surface area contributed by atoms with Crippen LogP contribution in [-0.2, 0) is 23.6 Å². The van der Waals surface area contributed by atoms with Crippen LogP contribution in [0.25, 0.3) is 0 Å². The topological polar surface area (TPSA) is 78.9 Å². The fourth-order valence-electron chi connectivity index (χ4n) is 0.350. The molecule has 22 heavy (non-hydrogen) atoms. The van der Waals surface area contributed by atoms with Gasteiger partial charge in [0.05, 0.1) is 0 Å². The van der Waals surface area contributed by atoms with E-state index in [4.69, 9.17) is 0.594 Å². The summed E-state index contributed by atoms with van der Waals surface area (Å²) in [6.07, 6.45) is -17.9. The number of hydrogen-bond acceptors (Lipinski definition) is 6. The van der Waals surface area contributed by atoms with Crippen LogP contribution in [0.1, 0.15) is 0 Å². The van der Waals surface area contributed by atoms with E-state index in [-0.39, 0.29) is 0 Å². The molecule has 0 N–H and O–H groups in total. The maximum absolute atomic E-state index is 11.9. The van der Waals surface area contributed by atoms with Crippen molar-refractivity contribution >= 4 is 17.9 Å². The molecule has 0 radical (unpaired) electrons. The van der Waals surface area contributed by atoms with Crippen LogP contribution in [0.5, 0.6) is 0 Å². The number of carbonyl (C=O) groups excluding carboxylic acids is 3. The number of alkyl halides is 9. The third kappa shape index (κ3) is 6.98. The van der Waals surface area contributed by atoms with E-state index < -0.39 is 57.3 Å². The third-order valence-corrected chi connectivity index (χ3v) is 3.37. The third-order valence-electron chi connectivity index (χ3n) is 1.09. The van der Waals surface area contributed by atoms with Crippen LogP contribution in [0.2, 0.25) is 0 Å². The molecule has 0 amide bonds. The van der Waals surface area contributed by atoms with Gasteiger partial charge in [0.15, 0.2) is 0 Å². The van der Waals surface area contributed by atoms with Crippen LogP contribution < -0.4 is 20.9 Å². The average molecular weight is 469 g/mol. The second-order valence-corrected chi connectivity index (χ2v) is 5.18. The van der Waals surface area contributed by atoms with Gasteiger partial charge in [-0.25, -0.2) is 0 Å². The minimum absolute atomic E-state index is 2.93. The molecule has 0 spiro atoms. The molecular formula is C6HF9IO6-. The van der Waals surface area contributed by atoms with E-state index >= 15 is 0 Å². The van der Waals surface area contributed by atoms with Gasteiger partial charge in [-0.3, -0.25) is 0 Å². The Morgan fingerprint density at radius 1 is 0.636 bits per heavy atom. The molecule has 16 heteroatoms. The van der Waals surface area contributed by atoms with Gasteiger partial charge >= 0.3 is 121 Å². The Morgan fingerprint density at radius 3 is 0.955 bits per heavy atom. The van der Waals surface area contributed by atoms with Crippen molar-refractivity contribution in [3.63, 3.8) is 0 Å². The van der Waals surface area contributed by atoms with Crippen LogP contribution in [0.4, 0.5) is 39.5 Å². The van der Waals surface area contributed by atoms with E-state index in [0.717, 1.165) is 0 Å². The molecule has 0 bridgehead atoms. The van der Waals surface area contributed by atoms with Gasteiger partial charge in [0.1, 0.15) is 0 Å². The van der Waals surface area contributed by atoms with Crippen molar-refractivity contribution in [1.82, 2.24) is 0 Å². The van der Waals surface area contributed by atoms with E-state index in [1.807, 2.05) is 0 Å². The molecule has 132 valence electrons. The SMILES string of the molecule is [3H][I-](OC(=O)C(F)(F)F)(OC(=O)C(F)(F)F)OC(=O)C(F)(F)F. The summed E-state index contributed by atoms with van der Waals surface area (Å²) in [6, 6.07) is 0. The molecule has 0 atom stereocenters. The quantitative estimate of drug-likeness (QED) is 0.367. The van der Waals surface area contributed by atoms with Gasteiger partial charge in [0.25, 0.3) is 0 Å². The molecule has 6 nitrogen and oxygen atoms in total. The zero-order chi connectivity index (χ0) is 18.9. The van der Waals surface area contributed by atoms with E-state index in [0.29, 0.717) is 0 Å². The van der Waals surface area contributed by atoms with Crippen LogP contribution in [0.3, 0.4) is 0 Å². The summed E-state index contributed by atoms with van der Waals surface area (Å²) < 4.78 is 122. The summed E-state index contributed by atoms with van der Waals surface area (Å²) in [5.41, 5.74) is 0. The molecule has 0 aromatic heterocycles. The van der Waals surface area contributed by atoms with Gasteiger partial charge in [0, 0.05) is 0 Å². The molecule has 0 aliphatic carbocycles. The fourth-order valence-corrected chi connectivity index (χ4v) is 2.35. The molecule has 0 aromatic rings. The maximum atomic E-state index is 11.9. The molecule has 0 aliphatic rings. The summed E-state index contributed by atoms with van der Waals surface area (Å²) in [6.45, 7) is 0. The number of rotatable bonds is 3. The second kappa shape index (κ2) is 6.73. The fraction of sp³-hybridized carbons (Fsp3) is 0.500. The zero-order valence-electron chi connectivity index (χ0n) is 10.2. The van der Waals surface area contributed by atoms with Crippen molar-refractivity contribution in [3.8, 4) is 0 Å². The summed E-state index contributed by atoms with van der Waals surface area (Å²) in [7, 11) is 0. The molecule has 0 rings (SSSR count). The van der Waals surface area contributed by atoms with E-state index in [2.05, 4.69) is 9.20 Å². The molecule has 0 unspecified atom stereocenters. The van der Waals surface area contributed by atoms with Gasteiger partial charge < -0.3 is 0 Å². The molecule has 0 aliphatic heterocycles. The Bertz CT molecular complexity index is 427. The summed E-state index contributed by atoms with van der Waals surface area (Å²) in [5, 5.41) is 0. The molecular weight excluding hydrogens is 466 g/mol. The van der Waals surface area contributed by atoms with Crippen molar-refractivity contribution in [3.05, 3.63) is 0 Å². The van der Waals surface area contributed by atoms with Gasteiger partial charge in [-0.15, -0.1) is 0 Å². The molecule has 0 saturated carbocycles. The van der Waals surface area contributed by atoms with Crippen molar-refractivity contribution in [1.29, 1.82) is 0.594 Å². The Labute approximate surface area is 121 Å². The van der Waals surface area contributed by atoms with E-state index in [1.165, 1.54) is 0 Å². The van der Waals surface area contributed by atoms with Gasteiger partial charge in [0.2, 0.25) is 0 Å². The average Bonchev–Trinajstić information content (AvgIpc) is 2.23. The van der Waals surface area contributed by atoms with Crippen LogP contribution in [0.15, 0.2) is 0 Å². The van der Waals surface area contributed by atoms with Crippen molar-refractivity contribution in [2.75, 3.05) is 0 Å². The number of carbonyl (C=O) groups is 3. The van der Waals surface area contributed by atoms with Gasteiger partial charge in [-0.05, 0) is 0 Å². The predicted octanol–water partition coefficient (Wildman–Crippen LogP) is -1.60. The normalized spacial score (nSPS) is 14.7. The minimum atomic E-state index is -7.23. The summed E-state index contributed by atoms with van der Waals surface area (Å²) in [5.74, 6) is -10.5. The van der Waals surface area contributed by atoms with Crippen LogP contribution >= 0.6 is 0 Å². The number of halogens is 10. The van der Waals surface area contributed by atoms with E-state index in [9.17, 15) is 53.9 Å². The predicted molar refractivity (Wildman–Crippen MR) is 37.8 cm³/mol. The van der Waals surface area contributed by atoms with E-state index in [1.54, 1.807) is 0 Å². The summed E-state index contributed by atoms with van der Waals surface area (Å²) >= 11 is -7.23. The second-order valence-electron chi connectivity index (χ2n) is 2.78. The Morgan fingerprint density at radius 2 is 0.818 bits per heavy atom. The first-order valence-electron chi connectivity index (χ1n) is 4.52. The zero-order valence-corrected chi connectivity index (χ0v) is 11.4. The Hall–Kier alpha value is -1.49. The molecule has 0 saturated heterocycles. The van der Waals surface area contributed by atoms with Gasteiger partial charge in [-0.1, -0.05) is 0 Å². The number of hydrogen-bond donors (Lipinski definition) is 0. The van der Waals surface area contributed by atoms with Gasteiger partial charge in [-0.2, -0.15) is 0 Å². The monoisotopic (exact) mass is 469 g/mol. The van der Waals surface area contributed by atoms with Crippen LogP contribution in [-0.4, -0.2) is 37.0 Å². The molecule has 0 aromatic carbocycles. The van der Waals surface area contributed by atoms with Crippen LogP contribution in [0, 0.1) is 0 Å².